The first-order valence-corrected chi connectivity index (χ1v) is 8.22. The molecule has 1 aromatic carbocycles. The fourth-order valence-corrected chi connectivity index (χ4v) is 4.14. The van der Waals surface area contributed by atoms with Crippen LogP contribution in [-0.4, -0.2) is 13.1 Å². The molecule has 2 N–H and O–H groups in total. The summed E-state index contributed by atoms with van der Waals surface area (Å²) in [5.41, 5.74) is 7.68. The molecule has 0 spiro atoms. The number of hydrogen-bond donors (Lipinski definition) is 1. The van der Waals surface area contributed by atoms with Gasteiger partial charge in [0.1, 0.15) is 5.82 Å². The fraction of sp³-hybridized carbons (Fsp3) is 0.600. The molecule has 4 heteroatoms. The lowest BCUT2D eigenvalue weighted by Gasteiger charge is -2.42. The van der Waals surface area contributed by atoms with Crippen molar-refractivity contribution in [3.05, 3.63) is 21.5 Å². The molecule has 2 fully saturated rings. The van der Waals surface area contributed by atoms with Crippen LogP contribution in [0, 0.1) is 21.2 Å². The minimum absolute atomic E-state index is 0.157. The van der Waals surface area contributed by atoms with Gasteiger partial charge in [0, 0.05) is 19.2 Å². The van der Waals surface area contributed by atoms with Crippen LogP contribution < -0.4 is 10.6 Å². The Morgan fingerprint density at radius 2 is 1.89 bits per heavy atom. The van der Waals surface area contributed by atoms with E-state index in [0.29, 0.717) is 9.26 Å². The van der Waals surface area contributed by atoms with Crippen molar-refractivity contribution in [3.8, 4) is 0 Å². The number of hydrogen-bond acceptors (Lipinski definition) is 2. The molecule has 104 valence electrons. The van der Waals surface area contributed by atoms with Crippen molar-refractivity contribution in [1.82, 2.24) is 0 Å². The highest BCUT2D eigenvalue weighted by Crippen LogP contribution is 2.39. The van der Waals surface area contributed by atoms with E-state index >= 15 is 0 Å². The van der Waals surface area contributed by atoms with Crippen molar-refractivity contribution in [3.63, 3.8) is 0 Å². The van der Waals surface area contributed by atoms with Crippen molar-refractivity contribution in [2.24, 2.45) is 11.8 Å². The summed E-state index contributed by atoms with van der Waals surface area (Å²) in [5.74, 6) is 1.51. The van der Waals surface area contributed by atoms with Gasteiger partial charge in [-0.3, -0.25) is 0 Å². The van der Waals surface area contributed by atoms with Gasteiger partial charge in [0.05, 0.1) is 14.9 Å². The lowest BCUT2D eigenvalue weighted by Crippen LogP contribution is -2.42. The number of halogens is 2. The molecule has 1 heterocycles. The van der Waals surface area contributed by atoms with Gasteiger partial charge in [-0.25, -0.2) is 4.39 Å². The predicted molar refractivity (Wildman–Crippen MR) is 85.8 cm³/mol. The maximum absolute atomic E-state index is 13.8. The molecule has 2 aliphatic rings. The average molecular weight is 374 g/mol. The van der Waals surface area contributed by atoms with E-state index in [1.165, 1.54) is 32.1 Å². The molecule has 2 nitrogen and oxygen atoms in total. The molecule has 0 amide bonds. The van der Waals surface area contributed by atoms with Gasteiger partial charge >= 0.3 is 0 Å². The van der Waals surface area contributed by atoms with E-state index in [4.69, 9.17) is 5.73 Å². The Balaban J connectivity index is 1.81. The second-order valence-electron chi connectivity index (χ2n) is 5.86. The molecule has 0 bridgehead atoms. The van der Waals surface area contributed by atoms with Crippen molar-refractivity contribution >= 4 is 34.0 Å². The highest BCUT2D eigenvalue weighted by Gasteiger charge is 2.31. The number of nitrogens with two attached hydrogens (primary N) is 1. The van der Waals surface area contributed by atoms with Crippen LogP contribution in [0.15, 0.2) is 12.1 Å². The number of anilines is 2. The topological polar surface area (TPSA) is 29.3 Å². The summed E-state index contributed by atoms with van der Waals surface area (Å²) in [7, 11) is 0. The maximum atomic E-state index is 13.8. The van der Waals surface area contributed by atoms with Crippen LogP contribution in [0.25, 0.3) is 0 Å². The van der Waals surface area contributed by atoms with Crippen molar-refractivity contribution in [2.75, 3.05) is 23.7 Å². The van der Waals surface area contributed by atoms with Crippen LogP contribution in [0.2, 0.25) is 0 Å². The van der Waals surface area contributed by atoms with E-state index in [0.717, 1.165) is 30.6 Å². The molecule has 0 radical (unpaired) electrons. The summed E-state index contributed by atoms with van der Waals surface area (Å²) in [4.78, 5) is 2.29. The SMILES string of the molecule is Nc1cc(I)c(F)cc1N1CCC2CCCCC2C1. The van der Waals surface area contributed by atoms with Gasteiger partial charge in [-0.2, -0.15) is 0 Å². The minimum Gasteiger partial charge on any atom is -0.397 e. The Hall–Kier alpha value is -0.520. The van der Waals surface area contributed by atoms with Crippen LogP contribution in [-0.2, 0) is 0 Å². The van der Waals surface area contributed by atoms with E-state index in [-0.39, 0.29) is 5.82 Å². The molecule has 3 rings (SSSR count). The molecule has 1 saturated heterocycles. The third-order valence-corrected chi connectivity index (χ3v) is 5.53. The molecular weight excluding hydrogens is 354 g/mol. The molecule has 1 aliphatic carbocycles. The number of nitrogen functional groups attached to an aromatic ring is 1. The summed E-state index contributed by atoms with van der Waals surface area (Å²) < 4.78 is 14.4. The fourth-order valence-electron chi connectivity index (χ4n) is 3.65. The number of nitrogens with zero attached hydrogens (tertiary/aromatic N) is 1. The van der Waals surface area contributed by atoms with Gasteiger partial charge in [0.2, 0.25) is 0 Å². The molecule has 0 aromatic heterocycles. The first-order valence-electron chi connectivity index (χ1n) is 7.14. The van der Waals surface area contributed by atoms with Crippen molar-refractivity contribution in [1.29, 1.82) is 0 Å². The molecule has 19 heavy (non-hydrogen) atoms. The van der Waals surface area contributed by atoms with Crippen molar-refractivity contribution in [2.45, 2.75) is 32.1 Å². The second kappa shape index (κ2) is 5.46. The second-order valence-corrected chi connectivity index (χ2v) is 7.03. The lowest BCUT2D eigenvalue weighted by molar-refractivity contribution is 0.202. The number of fused-ring (bicyclic) bond motifs is 1. The monoisotopic (exact) mass is 374 g/mol. The smallest absolute Gasteiger partial charge is 0.138 e. The molecule has 2 unspecified atom stereocenters. The zero-order valence-corrected chi connectivity index (χ0v) is 13.2. The highest BCUT2D eigenvalue weighted by molar-refractivity contribution is 14.1. The summed E-state index contributed by atoms with van der Waals surface area (Å²) in [6.07, 6.45) is 6.69. The molecule has 1 aliphatic heterocycles. The molecule has 2 atom stereocenters. The standard InChI is InChI=1S/C15H20FIN2/c16-12-7-15(14(18)8-13(12)17)19-6-5-10-3-1-2-4-11(10)9-19/h7-8,10-11H,1-6,9,18H2. The summed E-state index contributed by atoms with van der Waals surface area (Å²) in [6.45, 7) is 2.07. The van der Waals surface area contributed by atoms with Crippen LogP contribution in [0.3, 0.4) is 0 Å². The lowest BCUT2D eigenvalue weighted by atomic mass is 9.75. The average Bonchev–Trinajstić information content (AvgIpc) is 2.42. The van der Waals surface area contributed by atoms with Crippen molar-refractivity contribution < 1.29 is 4.39 Å². The summed E-state index contributed by atoms with van der Waals surface area (Å²) in [5, 5.41) is 0. The summed E-state index contributed by atoms with van der Waals surface area (Å²) in [6, 6.07) is 3.36. The predicted octanol–water partition coefficient (Wildman–Crippen LogP) is 4.03. The Bertz CT molecular complexity index is 477. The van der Waals surface area contributed by atoms with E-state index in [9.17, 15) is 4.39 Å². The minimum atomic E-state index is -0.157. The number of benzene rings is 1. The molecular formula is C15H20FIN2. The van der Waals surface area contributed by atoms with Crippen LogP contribution in [0.4, 0.5) is 15.8 Å². The van der Waals surface area contributed by atoms with E-state index in [1.54, 1.807) is 12.1 Å². The van der Waals surface area contributed by atoms with Crippen LogP contribution in [0.5, 0.6) is 0 Å². The van der Waals surface area contributed by atoms with Crippen LogP contribution >= 0.6 is 22.6 Å². The Kier molecular flexibility index (Phi) is 3.87. The maximum Gasteiger partial charge on any atom is 0.138 e. The van der Waals surface area contributed by atoms with Crippen LogP contribution in [0.1, 0.15) is 32.1 Å². The number of piperidine rings is 1. The summed E-state index contributed by atoms with van der Waals surface area (Å²) >= 11 is 1.99. The first-order chi connectivity index (χ1) is 9.15. The van der Waals surface area contributed by atoms with Gasteiger partial charge in [0.15, 0.2) is 0 Å². The largest absolute Gasteiger partial charge is 0.397 e. The van der Waals surface area contributed by atoms with Gasteiger partial charge in [-0.05, 0) is 53.3 Å². The van der Waals surface area contributed by atoms with Gasteiger partial charge in [-0.15, -0.1) is 0 Å². The van der Waals surface area contributed by atoms with E-state index in [2.05, 4.69) is 4.90 Å². The molecule has 1 aromatic rings. The Morgan fingerprint density at radius 3 is 2.68 bits per heavy atom. The Morgan fingerprint density at radius 1 is 1.16 bits per heavy atom. The highest BCUT2D eigenvalue weighted by atomic mass is 127. The third kappa shape index (κ3) is 2.69. The van der Waals surface area contributed by atoms with E-state index in [1.807, 2.05) is 22.6 Å². The van der Waals surface area contributed by atoms with Gasteiger partial charge in [-0.1, -0.05) is 19.3 Å². The zero-order valence-electron chi connectivity index (χ0n) is 11.0. The Labute approximate surface area is 127 Å². The quantitative estimate of drug-likeness (QED) is 0.594. The third-order valence-electron chi connectivity index (χ3n) is 4.70. The van der Waals surface area contributed by atoms with Gasteiger partial charge in [0.25, 0.3) is 0 Å². The zero-order chi connectivity index (χ0) is 13.4. The van der Waals surface area contributed by atoms with Gasteiger partial charge < -0.3 is 10.6 Å². The molecule has 1 saturated carbocycles. The first kappa shape index (κ1) is 13.5. The van der Waals surface area contributed by atoms with E-state index < -0.39 is 0 Å². The number of rotatable bonds is 1. The normalized spacial score (nSPS) is 27.2.